The Balaban J connectivity index is 3.05. The van der Waals surface area contributed by atoms with Gasteiger partial charge in [0.1, 0.15) is 0 Å². The zero-order chi connectivity index (χ0) is 38.1. The molecule has 0 atom stereocenters. The first kappa shape index (κ1) is 42.5. The molecule has 0 aromatic rings. The van der Waals surface area contributed by atoms with Crippen LogP contribution in [0.3, 0.4) is 0 Å². The van der Waals surface area contributed by atoms with E-state index in [0.717, 1.165) is 0 Å². The van der Waals surface area contributed by atoms with Crippen LogP contribution < -0.4 is 0 Å². The third-order valence-electron chi connectivity index (χ3n) is 6.27. The molecule has 1 aliphatic heterocycles. The van der Waals surface area contributed by atoms with Gasteiger partial charge in [0, 0.05) is 38.3 Å². The van der Waals surface area contributed by atoms with Crippen LogP contribution >= 0.6 is 0 Å². The second-order valence-electron chi connectivity index (χ2n) is 9.56. The molecule has 1 heterocycles. The lowest BCUT2D eigenvalue weighted by molar-refractivity contribution is -0.440. The normalized spacial score (nSPS) is 17.7. The molecule has 47 heavy (non-hydrogen) atoms. The maximum atomic E-state index is 13.9. The molecule has 1 rings (SSSR count). The van der Waals surface area contributed by atoms with Gasteiger partial charge in [0.25, 0.3) is 0 Å². The third kappa shape index (κ3) is 6.37. The lowest BCUT2D eigenvalue weighted by atomic mass is 9.92. The van der Waals surface area contributed by atoms with Crippen LogP contribution in [0.4, 0.5) is 114 Å². The predicted molar refractivity (Wildman–Crippen MR) is 98.2 cm³/mol. The summed E-state index contributed by atoms with van der Waals surface area (Å²) in [7, 11) is 0. The minimum absolute atomic E-state index is 0.0630. The molecule has 28 heteroatoms. The van der Waals surface area contributed by atoms with E-state index in [1.54, 1.807) is 0 Å². The monoisotopic (exact) mass is 762 g/mol. The summed E-state index contributed by atoms with van der Waals surface area (Å²) in [5.41, 5.74) is 0. The van der Waals surface area contributed by atoms with Gasteiger partial charge in [-0.25, -0.2) is 0 Å². The first-order chi connectivity index (χ1) is 20.2. The molecule has 0 aromatic heterocycles. The van der Waals surface area contributed by atoms with Gasteiger partial charge in [0.2, 0.25) is 0 Å². The molecule has 0 fully saturated rings. The van der Waals surface area contributed by atoms with E-state index < -0.39 is 104 Å². The van der Waals surface area contributed by atoms with Crippen LogP contribution in [-0.2, 0) is 0 Å². The van der Waals surface area contributed by atoms with Crippen LogP contribution in [0, 0.1) is 0 Å². The summed E-state index contributed by atoms with van der Waals surface area (Å²) in [6.45, 7) is -5.09. The van der Waals surface area contributed by atoms with Crippen molar-refractivity contribution in [1.29, 1.82) is 0 Å². The Hall–Kier alpha value is -2.48. The summed E-state index contributed by atoms with van der Waals surface area (Å²) in [6, 6.07) is 0. The van der Waals surface area contributed by atoms with E-state index in [0.29, 0.717) is 0 Å². The van der Waals surface area contributed by atoms with Gasteiger partial charge in [-0.15, -0.1) is 0 Å². The van der Waals surface area contributed by atoms with E-state index >= 15 is 0 Å². The lowest BCUT2D eigenvalue weighted by Gasteiger charge is -2.40. The Morgan fingerprint density at radius 3 is 0.745 bits per heavy atom. The van der Waals surface area contributed by atoms with Crippen LogP contribution in [0.15, 0.2) is 12.4 Å². The molecule has 0 aromatic carbocycles. The number of hydrogen-bond acceptors (Lipinski definition) is 2. The van der Waals surface area contributed by atoms with E-state index in [-0.39, 0.29) is 22.2 Å². The first-order valence-corrected chi connectivity index (χ1v) is 11.2. The number of hydrogen-bond donors (Lipinski definition) is 0. The molecule has 0 unspecified atom stereocenters. The Morgan fingerprint density at radius 2 is 0.532 bits per heavy atom. The van der Waals surface area contributed by atoms with Crippen molar-refractivity contribution in [2.24, 2.45) is 0 Å². The maximum Gasteiger partial charge on any atom is 0.460 e. The molecule has 0 saturated carbocycles. The van der Waals surface area contributed by atoms with Crippen LogP contribution in [0.2, 0.25) is 0 Å². The maximum absolute atomic E-state index is 13.9. The average Bonchev–Trinajstić information content (AvgIpc) is 3.32. The van der Waals surface area contributed by atoms with Gasteiger partial charge in [-0.3, -0.25) is 0 Å². The zero-order valence-corrected chi connectivity index (χ0v) is 21.4. The first-order valence-electron chi connectivity index (χ1n) is 11.2. The van der Waals surface area contributed by atoms with E-state index in [1.165, 1.54) is 0 Å². The highest BCUT2D eigenvalue weighted by Crippen LogP contribution is 2.62. The van der Waals surface area contributed by atoms with Crippen LogP contribution in [-0.4, -0.2) is 101 Å². The number of alkyl halides is 26. The van der Waals surface area contributed by atoms with Crippen LogP contribution in [0.25, 0.3) is 0 Å². The summed E-state index contributed by atoms with van der Waals surface area (Å²) >= 11 is 0. The molecule has 0 spiro atoms. The highest BCUT2D eigenvalue weighted by molar-refractivity contribution is 5.12. The second-order valence-corrected chi connectivity index (χ2v) is 9.56. The summed E-state index contributed by atoms with van der Waals surface area (Å²) in [5, 5.41) is 0. The quantitative estimate of drug-likeness (QED) is 0.163. The fourth-order valence-electron chi connectivity index (χ4n) is 3.29. The molecule has 0 bridgehead atoms. The summed E-state index contributed by atoms with van der Waals surface area (Å²) in [5.74, 6) is -77.4. The summed E-state index contributed by atoms with van der Waals surface area (Å²) in [4.78, 5) is 0.126. The number of halogens is 26. The molecule has 280 valence electrons. The minimum atomic E-state index is -8.22. The topological polar surface area (TPSA) is 6.48 Å². The fraction of sp³-hybridized carbons (Fsp3) is 0.895. The molecule has 0 amide bonds. The standard InChI is InChI=1S/C19H12F26N2/c20-8(21,10(24,25)12(28,29)14(32,33)16(36,37)18(40,41)42)1-3-46-5-6-47(7-46)4-2-9(22,23)11(26,27)13(30,31)15(34,35)17(38,39)19(43,44)45/h5-6H,1-4,7H2. The molecular formula is C19H12F26N2. The van der Waals surface area contributed by atoms with Crippen molar-refractivity contribution in [3.05, 3.63) is 12.4 Å². The molecule has 0 saturated heterocycles. The van der Waals surface area contributed by atoms with E-state index in [1.807, 2.05) is 0 Å². The third-order valence-corrected chi connectivity index (χ3v) is 6.27. The lowest BCUT2D eigenvalue weighted by Crippen LogP contribution is -2.70. The van der Waals surface area contributed by atoms with Crippen LogP contribution in [0.1, 0.15) is 12.8 Å². The number of rotatable bonds is 14. The van der Waals surface area contributed by atoms with Crippen molar-refractivity contribution in [2.75, 3.05) is 19.8 Å². The summed E-state index contributed by atoms with van der Waals surface area (Å²) < 4.78 is 341. The Morgan fingerprint density at radius 1 is 0.319 bits per heavy atom. The summed E-state index contributed by atoms with van der Waals surface area (Å²) in [6.07, 6.45) is -20.6. The largest absolute Gasteiger partial charge is 0.460 e. The SMILES string of the molecule is FC(F)(F)C(F)(F)C(F)(F)C(F)(F)C(F)(F)C(F)(F)CCN1C=CN(CCC(F)(F)C(F)(F)C(F)(F)C(F)(F)C(F)(F)C(F)(F)F)C1. The van der Waals surface area contributed by atoms with Gasteiger partial charge >= 0.3 is 71.6 Å². The zero-order valence-electron chi connectivity index (χ0n) is 21.4. The molecule has 2 nitrogen and oxygen atoms in total. The molecule has 0 aliphatic carbocycles. The van der Waals surface area contributed by atoms with Crippen LogP contribution in [0.5, 0.6) is 0 Å². The highest BCUT2D eigenvalue weighted by Gasteiger charge is 2.92. The van der Waals surface area contributed by atoms with Crippen molar-refractivity contribution in [3.8, 4) is 0 Å². The molecule has 0 radical (unpaired) electrons. The Bertz CT molecular complexity index is 1040. The molecular weight excluding hydrogens is 750 g/mol. The van der Waals surface area contributed by atoms with Gasteiger partial charge in [-0.2, -0.15) is 114 Å². The van der Waals surface area contributed by atoms with Crippen molar-refractivity contribution >= 4 is 0 Å². The van der Waals surface area contributed by atoms with Crippen molar-refractivity contribution in [1.82, 2.24) is 9.80 Å². The van der Waals surface area contributed by atoms with Gasteiger partial charge in [0.05, 0.1) is 6.67 Å². The van der Waals surface area contributed by atoms with Crippen molar-refractivity contribution in [2.45, 2.75) is 84.4 Å². The predicted octanol–water partition coefficient (Wildman–Crippen LogP) is 9.29. The van der Waals surface area contributed by atoms with Crippen molar-refractivity contribution < 1.29 is 114 Å². The minimum Gasteiger partial charge on any atom is -0.358 e. The molecule has 1 aliphatic rings. The number of nitrogens with zero attached hydrogens (tertiary/aromatic N) is 2. The molecule has 0 N–H and O–H groups in total. The van der Waals surface area contributed by atoms with Gasteiger partial charge in [-0.05, 0) is 0 Å². The van der Waals surface area contributed by atoms with E-state index in [2.05, 4.69) is 0 Å². The average molecular weight is 762 g/mol. The smallest absolute Gasteiger partial charge is 0.358 e. The van der Waals surface area contributed by atoms with Crippen molar-refractivity contribution in [3.63, 3.8) is 0 Å². The second kappa shape index (κ2) is 11.6. The van der Waals surface area contributed by atoms with Gasteiger partial charge in [-0.1, -0.05) is 0 Å². The fourth-order valence-corrected chi connectivity index (χ4v) is 3.29. The highest BCUT2D eigenvalue weighted by atomic mass is 19.4. The Labute approximate surface area is 241 Å². The van der Waals surface area contributed by atoms with Gasteiger partial charge in [0.15, 0.2) is 0 Å². The van der Waals surface area contributed by atoms with Gasteiger partial charge < -0.3 is 9.80 Å². The Kier molecular flexibility index (Phi) is 10.5. The van der Waals surface area contributed by atoms with E-state index in [9.17, 15) is 114 Å². The van der Waals surface area contributed by atoms with E-state index in [4.69, 9.17) is 0 Å².